The lowest BCUT2D eigenvalue weighted by Crippen LogP contribution is -2.38. The van der Waals surface area contributed by atoms with Gasteiger partial charge in [0.2, 0.25) is 5.91 Å². The Balaban J connectivity index is 1.79. The Morgan fingerprint density at radius 1 is 1.27 bits per heavy atom. The Kier molecular flexibility index (Phi) is 5.10. The van der Waals surface area contributed by atoms with E-state index < -0.39 is 17.8 Å². The zero-order valence-electron chi connectivity index (χ0n) is 11.4. The lowest BCUT2D eigenvalue weighted by molar-refractivity contribution is -0.133. The van der Waals surface area contributed by atoms with Gasteiger partial charge in [0.05, 0.1) is 17.1 Å². The molecular weight excluding hydrogens is 310 g/mol. The van der Waals surface area contributed by atoms with Crippen LogP contribution in [0.4, 0.5) is 0 Å². The summed E-state index contributed by atoms with van der Waals surface area (Å²) in [5, 5.41) is 11.0. The molecule has 2 heterocycles. The largest absolute Gasteiger partial charge is 0.481 e. The molecule has 0 radical (unpaired) electrons. The number of nitrogens with zero attached hydrogens (tertiary/aromatic N) is 2. The quantitative estimate of drug-likeness (QED) is 0.656. The molecule has 1 aromatic heterocycles. The zero-order chi connectivity index (χ0) is 16.1. The van der Waals surface area contributed by atoms with Gasteiger partial charge < -0.3 is 10.4 Å². The molecule has 2 rings (SSSR count). The number of hydrogen-bond acceptors (Lipinski definition) is 6. The molecule has 116 valence electrons. The van der Waals surface area contributed by atoms with Gasteiger partial charge in [-0.2, -0.15) is 0 Å². The van der Waals surface area contributed by atoms with Gasteiger partial charge in [0.25, 0.3) is 11.8 Å². The maximum Gasteiger partial charge on any atom is 0.313 e. The van der Waals surface area contributed by atoms with Crippen LogP contribution in [0.25, 0.3) is 0 Å². The summed E-state index contributed by atoms with van der Waals surface area (Å²) in [6, 6.07) is 3.11. The summed E-state index contributed by atoms with van der Waals surface area (Å²) in [6.07, 6.45) is 1.44. The van der Waals surface area contributed by atoms with Crippen molar-refractivity contribution >= 4 is 35.5 Å². The van der Waals surface area contributed by atoms with Crippen molar-refractivity contribution in [3.63, 3.8) is 0 Å². The molecule has 0 atom stereocenters. The van der Waals surface area contributed by atoms with E-state index in [0.29, 0.717) is 0 Å². The second-order valence-electron chi connectivity index (χ2n) is 4.40. The number of pyridine rings is 1. The summed E-state index contributed by atoms with van der Waals surface area (Å²) >= 11 is 0.974. The number of carboxylic acid groups (broad SMARTS) is 1. The molecule has 3 amide bonds. The molecule has 8 nitrogen and oxygen atoms in total. The number of thioether (sulfide) groups is 1. The van der Waals surface area contributed by atoms with Gasteiger partial charge in [-0.15, -0.1) is 11.8 Å². The molecular formula is C13H13N3O5S. The van der Waals surface area contributed by atoms with E-state index >= 15 is 0 Å². The molecule has 1 aromatic rings. The monoisotopic (exact) mass is 323 g/mol. The Labute approximate surface area is 129 Å². The fraction of sp³-hybridized carbons (Fsp3) is 0.308. The van der Waals surface area contributed by atoms with Gasteiger partial charge in [-0.05, 0) is 12.1 Å². The Morgan fingerprint density at radius 3 is 2.73 bits per heavy atom. The van der Waals surface area contributed by atoms with E-state index in [0.717, 1.165) is 16.7 Å². The topological polar surface area (TPSA) is 117 Å². The molecule has 0 fully saturated rings. The minimum atomic E-state index is -0.990. The molecule has 0 aromatic carbocycles. The highest BCUT2D eigenvalue weighted by atomic mass is 32.2. The summed E-state index contributed by atoms with van der Waals surface area (Å²) in [6.45, 7) is 0.154. The molecule has 0 saturated heterocycles. The maximum absolute atomic E-state index is 12.0. The normalized spacial score (nSPS) is 13.2. The molecule has 2 N–H and O–H groups in total. The third-order valence-electron chi connectivity index (χ3n) is 2.85. The molecule has 0 saturated carbocycles. The second kappa shape index (κ2) is 7.03. The number of nitrogens with one attached hydrogen (secondary N) is 1. The van der Waals surface area contributed by atoms with Crippen LogP contribution in [0.15, 0.2) is 18.3 Å². The predicted molar refractivity (Wildman–Crippen MR) is 77.6 cm³/mol. The van der Waals surface area contributed by atoms with Crippen LogP contribution in [0, 0.1) is 0 Å². The highest BCUT2D eigenvalue weighted by Gasteiger charge is 2.36. The highest BCUT2D eigenvalue weighted by Crippen LogP contribution is 2.19. The van der Waals surface area contributed by atoms with Gasteiger partial charge in [0, 0.05) is 19.3 Å². The number of rotatable bonds is 7. The molecule has 22 heavy (non-hydrogen) atoms. The van der Waals surface area contributed by atoms with E-state index in [9.17, 15) is 19.2 Å². The number of carbonyl (C=O) groups is 4. The van der Waals surface area contributed by atoms with Crippen molar-refractivity contribution in [1.29, 1.82) is 0 Å². The smallest absolute Gasteiger partial charge is 0.313 e. The van der Waals surface area contributed by atoms with Gasteiger partial charge >= 0.3 is 5.97 Å². The third kappa shape index (κ3) is 3.61. The molecule has 1 aliphatic heterocycles. The average molecular weight is 323 g/mol. The van der Waals surface area contributed by atoms with Crippen LogP contribution >= 0.6 is 11.8 Å². The van der Waals surface area contributed by atoms with Crippen molar-refractivity contribution in [3.8, 4) is 0 Å². The number of aliphatic carboxylic acids is 1. The third-order valence-corrected chi connectivity index (χ3v) is 3.76. The molecule has 0 bridgehead atoms. The summed E-state index contributed by atoms with van der Waals surface area (Å²) in [5.74, 6) is -2.39. The number of carbonyl (C=O) groups excluding carboxylic acids is 3. The van der Waals surface area contributed by atoms with Crippen molar-refractivity contribution in [1.82, 2.24) is 15.2 Å². The Morgan fingerprint density at radius 2 is 2.05 bits per heavy atom. The van der Waals surface area contributed by atoms with E-state index in [1.54, 1.807) is 6.07 Å². The molecule has 0 unspecified atom stereocenters. The molecule has 0 aliphatic carbocycles. The summed E-state index contributed by atoms with van der Waals surface area (Å²) < 4.78 is 0. The van der Waals surface area contributed by atoms with Crippen molar-refractivity contribution in [2.45, 2.75) is 0 Å². The minimum absolute atomic E-state index is 0.00989. The van der Waals surface area contributed by atoms with Crippen molar-refractivity contribution in [3.05, 3.63) is 29.6 Å². The number of aromatic nitrogens is 1. The fourth-order valence-electron chi connectivity index (χ4n) is 1.91. The first-order chi connectivity index (χ1) is 10.5. The van der Waals surface area contributed by atoms with Crippen LogP contribution in [-0.4, -0.2) is 63.3 Å². The number of imide groups is 1. The van der Waals surface area contributed by atoms with Crippen LogP contribution in [-0.2, 0) is 9.59 Å². The van der Waals surface area contributed by atoms with E-state index in [1.807, 2.05) is 0 Å². The zero-order valence-corrected chi connectivity index (χ0v) is 12.3. The first-order valence-corrected chi connectivity index (χ1v) is 7.53. The van der Waals surface area contributed by atoms with Crippen LogP contribution in [0.1, 0.15) is 20.8 Å². The number of carboxylic acids is 1. The minimum Gasteiger partial charge on any atom is -0.481 e. The summed E-state index contributed by atoms with van der Waals surface area (Å²) in [4.78, 5) is 50.7. The van der Waals surface area contributed by atoms with E-state index in [2.05, 4.69) is 10.3 Å². The van der Waals surface area contributed by atoms with Crippen molar-refractivity contribution in [2.75, 3.05) is 24.6 Å². The van der Waals surface area contributed by atoms with Gasteiger partial charge in [0.15, 0.2) is 0 Å². The van der Waals surface area contributed by atoms with Crippen molar-refractivity contribution in [2.24, 2.45) is 0 Å². The van der Waals surface area contributed by atoms with Crippen LogP contribution in [0.5, 0.6) is 0 Å². The standard InChI is InChI=1S/C13H13N3O5S/c17-9(6-22-7-10(18)19)14-4-5-16-12(20)8-2-1-3-15-11(8)13(16)21/h1-3H,4-7H2,(H,14,17)(H,18,19). The number of amides is 3. The predicted octanol–water partition coefficient (Wildman–Crippen LogP) is -0.388. The van der Waals surface area contributed by atoms with Crippen molar-refractivity contribution < 1.29 is 24.3 Å². The Bertz CT molecular complexity index is 599. The second-order valence-corrected chi connectivity index (χ2v) is 5.38. The van der Waals surface area contributed by atoms with Crippen LogP contribution in [0.3, 0.4) is 0 Å². The van der Waals surface area contributed by atoms with Gasteiger partial charge in [0.1, 0.15) is 5.69 Å². The first kappa shape index (κ1) is 16.0. The summed E-state index contributed by atoms with van der Waals surface area (Å²) in [5.41, 5.74) is 0.381. The number of hydrogen-bond donors (Lipinski definition) is 2. The summed E-state index contributed by atoms with van der Waals surface area (Å²) in [7, 11) is 0. The van der Waals surface area contributed by atoms with Gasteiger partial charge in [-0.1, -0.05) is 0 Å². The highest BCUT2D eigenvalue weighted by molar-refractivity contribution is 8.00. The molecule has 0 spiro atoms. The van der Waals surface area contributed by atoms with E-state index in [1.165, 1.54) is 12.3 Å². The SMILES string of the molecule is O=C(O)CSCC(=O)NCCN1C(=O)c2cccnc2C1=O. The van der Waals surface area contributed by atoms with Crippen LogP contribution in [0.2, 0.25) is 0 Å². The molecule has 1 aliphatic rings. The Hall–Kier alpha value is -2.42. The van der Waals surface area contributed by atoms with E-state index in [-0.39, 0.29) is 41.8 Å². The first-order valence-electron chi connectivity index (χ1n) is 6.38. The average Bonchev–Trinajstić information content (AvgIpc) is 2.72. The van der Waals surface area contributed by atoms with Gasteiger partial charge in [-0.25, -0.2) is 0 Å². The van der Waals surface area contributed by atoms with Gasteiger partial charge in [-0.3, -0.25) is 29.1 Å². The fourth-order valence-corrected chi connectivity index (χ4v) is 2.47. The van der Waals surface area contributed by atoms with Crippen LogP contribution < -0.4 is 5.32 Å². The number of fused-ring (bicyclic) bond motifs is 1. The van der Waals surface area contributed by atoms with E-state index in [4.69, 9.17) is 5.11 Å². The lowest BCUT2D eigenvalue weighted by Gasteiger charge is -2.13. The molecule has 9 heteroatoms. The lowest BCUT2D eigenvalue weighted by atomic mass is 10.2. The maximum atomic E-state index is 12.0.